The molecular formula is C30H39BrN2O6. The summed E-state index contributed by atoms with van der Waals surface area (Å²) < 4.78 is 12.0. The van der Waals surface area contributed by atoms with E-state index in [1.54, 1.807) is 11.0 Å². The summed E-state index contributed by atoms with van der Waals surface area (Å²) in [5.74, 6) is -3.08. The molecule has 212 valence electrons. The van der Waals surface area contributed by atoms with Gasteiger partial charge in [0.25, 0.3) is 5.91 Å². The van der Waals surface area contributed by atoms with E-state index in [4.69, 9.17) is 9.47 Å². The second-order valence-electron chi connectivity index (χ2n) is 10.9. The summed E-state index contributed by atoms with van der Waals surface area (Å²) in [6.07, 6.45) is 3.59. The van der Waals surface area contributed by atoms with Crippen LogP contribution < -0.4 is 4.90 Å². The average molecular weight is 604 g/mol. The molecule has 3 unspecified atom stereocenters. The lowest BCUT2D eigenvalue weighted by atomic mass is 9.70. The third kappa shape index (κ3) is 4.66. The molecule has 3 aliphatic heterocycles. The number of alkyl halides is 1. The van der Waals surface area contributed by atoms with Crippen LogP contribution in [-0.4, -0.2) is 76.2 Å². The van der Waals surface area contributed by atoms with Crippen LogP contribution in [0.15, 0.2) is 43.5 Å². The molecule has 1 N–H and O–H groups in total. The molecule has 9 heteroatoms. The van der Waals surface area contributed by atoms with Gasteiger partial charge in [0.15, 0.2) is 0 Å². The molecule has 3 fully saturated rings. The number of para-hydroxylation sites is 1. The largest absolute Gasteiger partial charge is 0.461 e. The Bertz CT molecular complexity index is 1140. The van der Waals surface area contributed by atoms with Gasteiger partial charge in [0, 0.05) is 17.1 Å². The molecule has 4 rings (SSSR count). The van der Waals surface area contributed by atoms with Crippen LogP contribution in [0.4, 0.5) is 5.69 Å². The summed E-state index contributed by atoms with van der Waals surface area (Å²) in [4.78, 5) is 45.4. The summed E-state index contributed by atoms with van der Waals surface area (Å²) in [6.45, 7) is 15.2. The highest BCUT2D eigenvalue weighted by atomic mass is 79.9. The summed E-state index contributed by atoms with van der Waals surface area (Å²) in [5.41, 5.74) is 1.33. The molecule has 8 atom stereocenters. The van der Waals surface area contributed by atoms with Crippen LogP contribution in [0.3, 0.4) is 0 Å². The number of fused-ring (bicyclic) bond motifs is 1. The number of amides is 2. The summed E-state index contributed by atoms with van der Waals surface area (Å²) in [7, 11) is 0. The Hall–Kier alpha value is -2.49. The van der Waals surface area contributed by atoms with Crippen molar-refractivity contribution in [2.24, 2.45) is 17.8 Å². The van der Waals surface area contributed by atoms with Gasteiger partial charge in [-0.1, -0.05) is 73.1 Å². The second-order valence-corrected chi connectivity index (χ2v) is 12.1. The number of halogens is 1. The predicted molar refractivity (Wildman–Crippen MR) is 153 cm³/mol. The molecule has 3 heterocycles. The van der Waals surface area contributed by atoms with Crippen molar-refractivity contribution in [3.63, 3.8) is 0 Å². The van der Waals surface area contributed by atoms with E-state index in [-0.39, 0.29) is 42.3 Å². The first-order chi connectivity index (χ1) is 18.6. The number of carbonyl (C=O) groups is 3. The third-order valence-electron chi connectivity index (χ3n) is 8.71. The van der Waals surface area contributed by atoms with Gasteiger partial charge in [0.1, 0.15) is 18.2 Å². The van der Waals surface area contributed by atoms with E-state index in [1.165, 1.54) is 11.0 Å². The van der Waals surface area contributed by atoms with Crippen LogP contribution >= 0.6 is 15.9 Å². The molecule has 2 amide bonds. The van der Waals surface area contributed by atoms with E-state index in [0.29, 0.717) is 12.8 Å². The predicted octanol–water partition coefficient (Wildman–Crippen LogP) is 3.71. The van der Waals surface area contributed by atoms with E-state index < -0.39 is 41.6 Å². The highest BCUT2D eigenvalue weighted by Crippen LogP contribution is 2.61. The lowest BCUT2D eigenvalue weighted by Gasteiger charge is -2.41. The number of aliphatic hydroxyl groups is 1. The molecular weight excluding hydrogens is 564 g/mol. The zero-order chi connectivity index (χ0) is 28.6. The molecule has 0 saturated carbocycles. The quantitative estimate of drug-likeness (QED) is 0.236. The molecule has 3 aliphatic rings. The molecule has 1 aromatic carbocycles. The van der Waals surface area contributed by atoms with Crippen molar-refractivity contribution in [1.29, 1.82) is 0 Å². The fourth-order valence-corrected chi connectivity index (χ4v) is 7.77. The summed E-state index contributed by atoms with van der Waals surface area (Å²) in [6, 6.07) is 4.16. The molecule has 0 aromatic heterocycles. The average Bonchev–Trinajstić information content (AvgIpc) is 3.50. The fourth-order valence-electron chi connectivity index (χ4n) is 6.82. The molecule has 8 nitrogen and oxygen atoms in total. The number of aliphatic hydroxyl groups excluding tert-OH is 1. The topological polar surface area (TPSA) is 96.4 Å². The van der Waals surface area contributed by atoms with Crippen LogP contribution in [0.1, 0.15) is 37.8 Å². The number of nitrogens with zero attached hydrogens (tertiary/aromatic N) is 2. The lowest BCUT2D eigenvalue weighted by Crippen LogP contribution is -2.60. The van der Waals surface area contributed by atoms with Crippen molar-refractivity contribution in [1.82, 2.24) is 4.90 Å². The molecule has 0 radical (unpaired) electrons. The Morgan fingerprint density at radius 2 is 1.97 bits per heavy atom. The summed E-state index contributed by atoms with van der Waals surface area (Å²) in [5, 5.41) is 10.5. The van der Waals surface area contributed by atoms with Gasteiger partial charge in [-0.15, -0.1) is 6.58 Å². The van der Waals surface area contributed by atoms with Gasteiger partial charge in [-0.3, -0.25) is 14.4 Å². The van der Waals surface area contributed by atoms with E-state index in [0.717, 1.165) is 16.8 Å². The maximum Gasteiger partial charge on any atom is 0.312 e. The van der Waals surface area contributed by atoms with E-state index in [9.17, 15) is 19.5 Å². The minimum atomic E-state index is -1.25. The zero-order valence-electron chi connectivity index (χ0n) is 23.1. The first-order valence-electron chi connectivity index (χ1n) is 13.6. The molecule has 2 bridgehead atoms. The van der Waals surface area contributed by atoms with E-state index in [1.807, 2.05) is 45.9 Å². The number of carbonyl (C=O) groups excluding carboxylic acids is 3. The van der Waals surface area contributed by atoms with Gasteiger partial charge in [0.05, 0.1) is 30.6 Å². The third-order valence-corrected chi connectivity index (χ3v) is 9.55. The van der Waals surface area contributed by atoms with E-state index >= 15 is 0 Å². The second kappa shape index (κ2) is 11.6. The van der Waals surface area contributed by atoms with Crippen LogP contribution in [0, 0.1) is 31.6 Å². The summed E-state index contributed by atoms with van der Waals surface area (Å²) >= 11 is 3.68. The van der Waals surface area contributed by atoms with Gasteiger partial charge in [0.2, 0.25) is 5.91 Å². The maximum absolute atomic E-state index is 14.8. The Morgan fingerprint density at radius 3 is 2.54 bits per heavy atom. The highest BCUT2D eigenvalue weighted by molar-refractivity contribution is 9.09. The number of hydrogen-bond acceptors (Lipinski definition) is 6. The minimum Gasteiger partial charge on any atom is -0.461 e. The zero-order valence-corrected chi connectivity index (χ0v) is 24.7. The molecule has 3 saturated heterocycles. The molecule has 1 spiro atoms. The van der Waals surface area contributed by atoms with Crippen molar-refractivity contribution >= 4 is 39.4 Å². The number of likely N-dealkylation sites (tertiary alicyclic amines) is 1. The van der Waals surface area contributed by atoms with Crippen LogP contribution in [0.25, 0.3) is 0 Å². The number of benzene rings is 1. The first-order valence-corrected chi connectivity index (χ1v) is 14.5. The van der Waals surface area contributed by atoms with E-state index in [2.05, 4.69) is 29.1 Å². The smallest absolute Gasteiger partial charge is 0.312 e. The Morgan fingerprint density at radius 1 is 1.31 bits per heavy atom. The maximum atomic E-state index is 14.8. The van der Waals surface area contributed by atoms with Gasteiger partial charge >= 0.3 is 5.97 Å². The van der Waals surface area contributed by atoms with Crippen molar-refractivity contribution < 1.29 is 29.0 Å². The van der Waals surface area contributed by atoms with Crippen LogP contribution in [-0.2, 0) is 23.9 Å². The highest BCUT2D eigenvalue weighted by Gasteiger charge is 2.77. The van der Waals surface area contributed by atoms with Crippen LogP contribution in [0.5, 0.6) is 0 Å². The SMILES string of the molecule is C=CCOC(=O)[C@H]1[C@H]2C(=O)N([C@@H](CO)[C@@H](C)CC)C(C(=O)N(CC=C)c3c(C)cccc3C)C23CC(Br)[C@@H]1O3. The Kier molecular flexibility index (Phi) is 8.73. The van der Waals surface area contributed by atoms with Gasteiger partial charge in [-0.05, 0) is 37.3 Å². The molecule has 0 aliphatic carbocycles. The van der Waals surface area contributed by atoms with Crippen molar-refractivity contribution in [3.05, 3.63) is 54.6 Å². The Balaban J connectivity index is 1.89. The van der Waals surface area contributed by atoms with Gasteiger partial charge in [-0.25, -0.2) is 0 Å². The van der Waals surface area contributed by atoms with Crippen molar-refractivity contribution in [2.75, 3.05) is 24.7 Å². The Labute approximate surface area is 239 Å². The number of rotatable bonds is 11. The number of aryl methyl sites for hydroxylation is 2. The monoisotopic (exact) mass is 602 g/mol. The fraction of sp³-hybridized carbons (Fsp3) is 0.567. The van der Waals surface area contributed by atoms with Gasteiger partial charge in [-0.2, -0.15) is 0 Å². The first kappa shape index (κ1) is 29.5. The molecule has 39 heavy (non-hydrogen) atoms. The number of esters is 1. The molecule has 1 aromatic rings. The normalized spacial score (nSPS) is 30.6. The van der Waals surface area contributed by atoms with Crippen molar-refractivity contribution in [3.8, 4) is 0 Å². The number of anilines is 1. The van der Waals surface area contributed by atoms with Gasteiger partial charge < -0.3 is 24.4 Å². The van der Waals surface area contributed by atoms with Crippen molar-refractivity contribution in [2.45, 2.75) is 69.2 Å². The standard InChI is InChI=1S/C30H39BrN2O6/c1-7-13-32(24-18(5)11-10-12-19(24)6)28(36)26-30-15-20(31)25(39-30)22(29(37)38-14-8-2)23(30)27(35)33(26)21(16-34)17(4)9-3/h7-8,10-12,17,20-23,25-26,34H,1-2,9,13-16H2,3-6H3/t17-,20?,21-,22-,23-,25-,26?,30?/m0/s1. The number of hydrogen-bond donors (Lipinski definition) is 1. The minimum absolute atomic E-state index is 0.0147. The number of ether oxygens (including phenoxy) is 2. The van der Waals surface area contributed by atoms with Crippen LogP contribution in [0.2, 0.25) is 0 Å². The lowest BCUT2D eigenvalue weighted by molar-refractivity contribution is -0.155.